The van der Waals surface area contributed by atoms with E-state index in [2.05, 4.69) is 16.9 Å². The first-order chi connectivity index (χ1) is 9.06. The van der Waals surface area contributed by atoms with Crippen LogP contribution in [0.15, 0.2) is 15.4 Å². The van der Waals surface area contributed by atoms with Crippen molar-refractivity contribution in [3.8, 4) is 0 Å². The van der Waals surface area contributed by atoms with Crippen LogP contribution in [0.1, 0.15) is 17.0 Å². The summed E-state index contributed by atoms with van der Waals surface area (Å²) in [4.78, 5) is 28.8. The smallest absolute Gasteiger partial charge is 0.403 e. The molecular formula is C12H19N3O4. The maximum atomic E-state index is 11.9. The van der Waals surface area contributed by atoms with E-state index in [1.807, 2.05) is 0 Å². The van der Waals surface area contributed by atoms with Crippen molar-refractivity contribution in [3.05, 3.63) is 22.5 Å². The highest BCUT2D eigenvalue weighted by atomic mass is 16.5. The zero-order chi connectivity index (χ0) is 13.8. The molecule has 1 amide bonds. The molecule has 1 atom stereocenters. The van der Waals surface area contributed by atoms with Gasteiger partial charge in [-0.25, -0.2) is 4.79 Å². The molecule has 2 heterocycles. The number of nitrogens with one attached hydrogen (secondary N) is 1. The van der Waals surface area contributed by atoms with Crippen LogP contribution in [-0.2, 0) is 4.74 Å². The molecule has 0 aliphatic carbocycles. The van der Waals surface area contributed by atoms with Gasteiger partial charge in [-0.3, -0.25) is 9.78 Å². The molecule has 0 radical (unpaired) electrons. The number of morpholine rings is 1. The number of ether oxygens (including phenoxy) is 1. The van der Waals surface area contributed by atoms with Crippen LogP contribution in [0.25, 0.3) is 0 Å². The molecule has 1 saturated heterocycles. The van der Waals surface area contributed by atoms with E-state index >= 15 is 0 Å². The molecule has 0 saturated carbocycles. The molecule has 19 heavy (non-hydrogen) atoms. The lowest BCUT2D eigenvalue weighted by atomic mass is 10.2. The molecule has 0 spiro atoms. The second-order valence-electron chi connectivity index (χ2n) is 4.81. The van der Waals surface area contributed by atoms with Gasteiger partial charge in [0, 0.05) is 26.7 Å². The molecule has 0 aromatic carbocycles. The molecule has 7 nitrogen and oxygen atoms in total. The quantitative estimate of drug-likeness (QED) is 0.816. The Balaban J connectivity index is 1.82. The van der Waals surface area contributed by atoms with Gasteiger partial charge in [-0.15, -0.1) is 0 Å². The van der Waals surface area contributed by atoms with Gasteiger partial charge < -0.3 is 19.0 Å². The highest BCUT2D eigenvalue weighted by molar-refractivity contribution is 5.90. The van der Waals surface area contributed by atoms with Crippen molar-refractivity contribution in [1.29, 1.82) is 0 Å². The predicted molar refractivity (Wildman–Crippen MR) is 68.1 cm³/mol. The Bertz CT molecular complexity index is 481. The molecule has 1 unspecified atom stereocenters. The van der Waals surface area contributed by atoms with Crippen molar-refractivity contribution in [2.45, 2.75) is 12.5 Å². The number of nitrogens with zero attached hydrogens (tertiary/aromatic N) is 2. The van der Waals surface area contributed by atoms with Crippen LogP contribution in [0.3, 0.4) is 0 Å². The Labute approximate surface area is 111 Å². The second-order valence-corrected chi connectivity index (χ2v) is 4.81. The largest absolute Gasteiger partial charge is 0.416 e. The van der Waals surface area contributed by atoms with Crippen LogP contribution < -0.4 is 5.76 Å². The minimum absolute atomic E-state index is 0.0363. The van der Waals surface area contributed by atoms with Gasteiger partial charge in [-0.05, 0) is 13.5 Å². The van der Waals surface area contributed by atoms with Gasteiger partial charge in [0.1, 0.15) is 0 Å². The van der Waals surface area contributed by atoms with Crippen molar-refractivity contribution in [1.82, 2.24) is 14.8 Å². The highest BCUT2D eigenvalue weighted by Gasteiger charge is 2.20. The first-order valence-electron chi connectivity index (χ1n) is 6.30. The van der Waals surface area contributed by atoms with Crippen molar-refractivity contribution in [2.24, 2.45) is 0 Å². The highest BCUT2D eigenvalue weighted by Crippen LogP contribution is 2.08. The third-order valence-corrected chi connectivity index (χ3v) is 3.21. The second kappa shape index (κ2) is 6.03. The number of carbonyl (C=O) groups is 1. The number of likely N-dealkylation sites (N-methyl/N-ethyl adjacent to an activating group) is 1. The lowest BCUT2D eigenvalue weighted by Crippen LogP contribution is -2.41. The fourth-order valence-corrected chi connectivity index (χ4v) is 2.06. The molecule has 1 fully saturated rings. The average molecular weight is 269 g/mol. The fraction of sp³-hybridized carbons (Fsp3) is 0.667. The van der Waals surface area contributed by atoms with Crippen LogP contribution in [0.4, 0.5) is 0 Å². The number of hydrogen-bond acceptors (Lipinski definition) is 5. The minimum atomic E-state index is -0.617. The van der Waals surface area contributed by atoms with Gasteiger partial charge in [0.15, 0.2) is 0 Å². The van der Waals surface area contributed by atoms with E-state index in [1.165, 1.54) is 11.1 Å². The van der Waals surface area contributed by atoms with E-state index < -0.39 is 5.76 Å². The third-order valence-electron chi connectivity index (χ3n) is 3.21. The van der Waals surface area contributed by atoms with Crippen LogP contribution in [0.5, 0.6) is 0 Å². The Kier molecular flexibility index (Phi) is 4.39. The summed E-state index contributed by atoms with van der Waals surface area (Å²) in [7, 11) is 3.74. The Hall–Kier alpha value is -1.60. The molecule has 1 aromatic rings. The van der Waals surface area contributed by atoms with Crippen molar-refractivity contribution in [3.63, 3.8) is 0 Å². The lowest BCUT2D eigenvalue weighted by Gasteiger charge is -2.31. The number of amides is 1. The molecule has 1 aliphatic heterocycles. The number of H-pyrrole nitrogens is 1. The monoisotopic (exact) mass is 269 g/mol. The van der Waals surface area contributed by atoms with E-state index in [9.17, 15) is 9.59 Å². The number of rotatable bonds is 4. The van der Waals surface area contributed by atoms with Crippen molar-refractivity contribution >= 4 is 5.91 Å². The first kappa shape index (κ1) is 13.8. The van der Waals surface area contributed by atoms with Crippen LogP contribution in [-0.4, -0.2) is 67.1 Å². The molecule has 7 heteroatoms. The molecule has 1 aromatic heterocycles. The van der Waals surface area contributed by atoms with Gasteiger partial charge in [0.25, 0.3) is 5.91 Å². The maximum Gasteiger partial charge on any atom is 0.416 e. The third kappa shape index (κ3) is 3.68. The topological polar surface area (TPSA) is 78.8 Å². The molecular weight excluding hydrogens is 250 g/mol. The molecule has 1 N–H and O–H groups in total. The number of aromatic nitrogens is 1. The zero-order valence-electron chi connectivity index (χ0n) is 11.2. The molecule has 0 bridgehead atoms. The Morgan fingerprint density at radius 2 is 2.42 bits per heavy atom. The number of carbonyl (C=O) groups excluding carboxylic acids is 1. The Morgan fingerprint density at radius 3 is 3.05 bits per heavy atom. The summed E-state index contributed by atoms with van der Waals surface area (Å²) >= 11 is 0. The van der Waals surface area contributed by atoms with Gasteiger partial charge >= 0.3 is 5.76 Å². The summed E-state index contributed by atoms with van der Waals surface area (Å²) in [6.45, 7) is 3.11. The normalized spacial score (nSPS) is 20.4. The van der Waals surface area contributed by atoms with Crippen LogP contribution in [0, 0.1) is 0 Å². The average Bonchev–Trinajstić information content (AvgIpc) is 2.82. The Morgan fingerprint density at radius 1 is 1.63 bits per heavy atom. The minimum Gasteiger partial charge on any atom is -0.403 e. The summed E-state index contributed by atoms with van der Waals surface area (Å²) in [6.07, 6.45) is 2.19. The number of aromatic amines is 1. The fourth-order valence-electron chi connectivity index (χ4n) is 2.06. The van der Waals surface area contributed by atoms with E-state index in [-0.39, 0.29) is 17.8 Å². The van der Waals surface area contributed by atoms with Gasteiger partial charge in [0.2, 0.25) is 5.76 Å². The van der Waals surface area contributed by atoms with Gasteiger partial charge in [-0.1, -0.05) is 0 Å². The molecule has 106 valence electrons. The van der Waals surface area contributed by atoms with Crippen LogP contribution in [0.2, 0.25) is 0 Å². The lowest BCUT2D eigenvalue weighted by molar-refractivity contribution is -0.0257. The number of hydrogen-bond donors (Lipinski definition) is 1. The summed E-state index contributed by atoms with van der Waals surface area (Å²) in [5.74, 6) is -0.884. The SMILES string of the molecule is CN1CCOC(CCN(C)C(=O)c2c[nH]c(=O)o2)C1. The van der Waals surface area contributed by atoms with Crippen molar-refractivity contribution in [2.75, 3.05) is 40.3 Å². The van der Waals surface area contributed by atoms with Crippen molar-refractivity contribution < 1.29 is 13.9 Å². The standard InChI is InChI=1S/C12H19N3O4/c1-14-5-6-18-9(8-14)3-4-15(2)11(16)10-7-13-12(17)19-10/h7,9H,3-6,8H2,1-2H3,(H,13,17). The summed E-state index contributed by atoms with van der Waals surface area (Å²) in [5, 5.41) is 0. The molecule has 2 rings (SSSR count). The summed E-state index contributed by atoms with van der Waals surface area (Å²) in [6, 6.07) is 0. The first-order valence-corrected chi connectivity index (χ1v) is 6.30. The zero-order valence-corrected chi connectivity index (χ0v) is 11.2. The van der Waals surface area contributed by atoms with Crippen LogP contribution >= 0.6 is 0 Å². The predicted octanol–water partition coefficient (Wildman–Crippen LogP) is -0.239. The maximum absolute atomic E-state index is 11.9. The van der Waals surface area contributed by atoms with E-state index in [4.69, 9.17) is 9.15 Å². The van der Waals surface area contributed by atoms with Gasteiger partial charge in [0.05, 0.1) is 18.9 Å². The van der Waals surface area contributed by atoms with E-state index in [0.717, 1.165) is 26.1 Å². The molecule has 1 aliphatic rings. The number of oxazole rings is 1. The summed E-state index contributed by atoms with van der Waals surface area (Å²) < 4.78 is 10.4. The summed E-state index contributed by atoms with van der Waals surface area (Å²) in [5.41, 5.74) is 0. The van der Waals surface area contributed by atoms with E-state index in [1.54, 1.807) is 7.05 Å². The van der Waals surface area contributed by atoms with E-state index in [0.29, 0.717) is 6.54 Å². The van der Waals surface area contributed by atoms with Gasteiger partial charge in [-0.2, -0.15) is 0 Å².